The zero-order valence-electron chi connectivity index (χ0n) is 51.7. The van der Waals surface area contributed by atoms with Crippen molar-refractivity contribution >= 4 is 112 Å². The topological polar surface area (TPSA) is 241 Å². The minimum atomic E-state index is -3.78. The lowest BCUT2D eigenvalue weighted by Crippen LogP contribution is -2.46. The molecule has 6 fully saturated rings. The maximum Gasteiger partial charge on any atom is 0.267 e. The lowest BCUT2D eigenvalue weighted by molar-refractivity contribution is 0.0968. The van der Waals surface area contributed by atoms with Crippen LogP contribution in [0.15, 0.2) is 91.3 Å². The molecule has 3 saturated carbocycles. The van der Waals surface area contributed by atoms with Crippen LogP contribution in [0.2, 0.25) is 20.1 Å². The van der Waals surface area contributed by atoms with Crippen LogP contribution in [0.3, 0.4) is 0 Å². The van der Waals surface area contributed by atoms with Gasteiger partial charge in [0.05, 0.1) is 43.5 Å². The molecule has 0 spiro atoms. The number of nitrogens with one attached hydrogen (secondary N) is 3. The van der Waals surface area contributed by atoms with E-state index < -0.39 is 86.6 Å². The van der Waals surface area contributed by atoms with E-state index in [1.807, 2.05) is 83.7 Å². The highest BCUT2D eigenvalue weighted by atomic mass is 35.5. The highest BCUT2D eigenvalue weighted by Crippen LogP contribution is 2.34. The first-order valence-corrected chi connectivity index (χ1v) is 36.8. The number of piperazine rings is 2. The molecule has 3 aliphatic carbocycles. The highest BCUT2D eigenvalue weighted by Gasteiger charge is 2.40. The summed E-state index contributed by atoms with van der Waals surface area (Å²) in [6.45, 7) is 14.2. The minimum absolute atomic E-state index is 0.0355. The molecule has 1 atom stereocenters. The van der Waals surface area contributed by atoms with Crippen LogP contribution in [0.4, 0.5) is 30.5 Å². The number of aryl methyl sites for hydroxylation is 3. The first-order valence-electron chi connectivity index (χ1n) is 30.7. The summed E-state index contributed by atoms with van der Waals surface area (Å²) in [5.74, 6) is -3.59. The molecule has 3 aliphatic heterocycles. The number of aromatic nitrogens is 2. The largest absolute Gasteiger partial charge is 0.490 e. The second-order valence-electron chi connectivity index (χ2n) is 24.3. The van der Waals surface area contributed by atoms with Crippen molar-refractivity contribution in [1.29, 1.82) is 0 Å². The summed E-state index contributed by atoms with van der Waals surface area (Å²) in [6.07, 6.45) is 8.57. The van der Waals surface area contributed by atoms with Crippen LogP contribution < -0.4 is 33.6 Å². The Kier molecular flexibility index (Phi) is 22.3. The van der Waals surface area contributed by atoms with Gasteiger partial charge in [-0.3, -0.25) is 24.2 Å². The molecule has 3 amide bonds. The van der Waals surface area contributed by atoms with Crippen molar-refractivity contribution < 1.29 is 57.5 Å². The molecule has 6 aromatic rings. The number of amides is 3. The van der Waals surface area contributed by atoms with E-state index in [2.05, 4.69) is 40.5 Å². The third-order valence-electron chi connectivity index (χ3n) is 16.9. The highest BCUT2D eigenvalue weighted by molar-refractivity contribution is 7.91. The predicted molar refractivity (Wildman–Crippen MR) is 357 cm³/mol. The molecule has 504 valence electrons. The summed E-state index contributed by atoms with van der Waals surface area (Å²) in [5.41, 5.74) is 4.28. The van der Waals surface area contributed by atoms with E-state index in [0.29, 0.717) is 62.7 Å². The van der Waals surface area contributed by atoms with Crippen LogP contribution in [0.5, 0.6) is 5.75 Å². The van der Waals surface area contributed by atoms with Gasteiger partial charge >= 0.3 is 0 Å². The number of pyridine rings is 2. The van der Waals surface area contributed by atoms with Gasteiger partial charge in [0.25, 0.3) is 17.7 Å². The zero-order chi connectivity index (χ0) is 67.4. The molecule has 6 aliphatic rings. The molecule has 0 unspecified atom stereocenters. The molecule has 3 saturated heterocycles. The van der Waals surface area contributed by atoms with Crippen LogP contribution in [-0.2, 0) is 43.2 Å². The van der Waals surface area contributed by atoms with Crippen molar-refractivity contribution in [3.05, 3.63) is 173 Å². The molecule has 30 heteroatoms. The van der Waals surface area contributed by atoms with Crippen molar-refractivity contribution in [2.45, 2.75) is 107 Å². The molecule has 20 nitrogen and oxygen atoms in total. The number of hydrogen-bond acceptors (Lipinski definition) is 17. The van der Waals surface area contributed by atoms with E-state index >= 15 is 0 Å². The molecule has 94 heavy (non-hydrogen) atoms. The molecule has 5 heterocycles. The van der Waals surface area contributed by atoms with E-state index in [9.17, 15) is 52.8 Å². The van der Waals surface area contributed by atoms with E-state index in [4.69, 9.17) is 51.1 Å². The first kappa shape index (κ1) is 70.3. The Morgan fingerprint density at radius 1 is 0.500 bits per heavy atom. The number of carbonyl (C=O) groups is 3. The summed E-state index contributed by atoms with van der Waals surface area (Å²) in [5, 5.41) is -0.480. The zero-order valence-corrected chi connectivity index (χ0v) is 57.2. The van der Waals surface area contributed by atoms with Gasteiger partial charge in [0, 0.05) is 111 Å². The number of rotatable bonds is 19. The van der Waals surface area contributed by atoms with Crippen molar-refractivity contribution in [1.82, 2.24) is 33.9 Å². The SMILES string of the molecule is Cc1cc(N2CCN(Cc3cc(F)c(C(=O)NS(=O)(=O)C4CC4)cc3Cl)CC2)ccc1Cl.Cc1ccc(N2CCC[C@@H]2COc2cc(F)c(C(=O)NS(=O)(=O)C3CC3)cc2Cl)nc1.Cc1ccc(N2CCN(Cc3cc(F)c(C(=O)NS(=O)(=O)C4CC4)cc3Cl)CC2)nc1. The van der Waals surface area contributed by atoms with Crippen LogP contribution in [0.25, 0.3) is 0 Å². The van der Waals surface area contributed by atoms with E-state index in [1.54, 1.807) is 0 Å². The summed E-state index contributed by atoms with van der Waals surface area (Å²) >= 11 is 24.9. The molecule has 2 aromatic heterocycles. The normalized spacial score (nSPS) is 17.9. The van der Waals surface area contributed by atoms with Crippen molar-refractivity contribution in [2.24, 2.45) is 0 Å². The van der Waals surface area contributed by atoms with Gasteiger partial charge in [0.1, 0.15) is 41.4 Å². The van der Waals surface area contributed by atoms with Crippen molar-refractivity contribution in [2.75, 3.05) is 80.2 Å². The van der Waals surface area contributed by atoms with E-state index in [1.165, 1.54) is 24.3 Å². The van der Waals surface area contributed by atoms with Crippen LogP contribution in [-0.4, -0.2) is 150 Å². The van der Waals surface area contributed by atoms with Gasteiger partial charge in [0.2, 0.25) is 30.1 Å². The minimum Gasteiger partial charge on any atom is -0.490 e. The molecule has 0 radical (unpaired) electrons. The van der Waals surface area contributed by atoms with Gasteiger partial charge in [-0.2, -0.15) is 0 Å². The van der Waals surface area contributed by atoms with Gasteiger partial charge in [-0.05, 0) is 161 Å². The number of carbonyl (C=O) groups excluding carboxylic acids is 3. The lowest BCUT2D eigenvalue weighted by atomic mass is 10.1. The number of anilines is 3. The standard InChI is InChI=1S/C22H24Cl2FN3O3S.C21H24ClFN4O3S.C21H23ClFN3O4S/c1-14-10-16(2-5-19(14)23)28-8-6-27(7-9-28)13-15-11-21(25)18(12-20(15)24)22(29)26-32(30,31)17-3-4-17;1-14-2-5-20(24-12-14)27-8-6-26(7-9-27)13-15-10-19(23)17(11-18(15)22)21(28)25-31(29,30)16-3-4-16;1-13-4-7-20(24-11-13)26-8-2-3-14(26)12-30-19-10-18(23)16(9-17(19)22)21(27)25-31(28,29)15-5-6-15/h2,5,10-12,17H,3-4,6-9,13H2,1H3,(H,26,29);2,5,10-12,16H,3-4,6-9,13H2,1H3,(H,25,28);4,7,9-11,14-15H,2-3,5-6,8,12H2,1H3,(H,25,27)/t;;14-/m..1/s1. The summed E-state index contributed by atoms with van der Waals surface area (Å²) in [4.78, 5) is 56.6. The average Bonchev–Trinajstić information content (AvgIpc) is 1.36. The Hall–Kier alpha value is -6.49. The third kappa shape index (κ3) is 18.1. The lowest BCUT2D eigenvalue weighted by Gasteiger charge is -2.36. The average molecular weight is 1440 g/mol. The molecule has 0 bridgehead atoms. The van der Waals surface area contributed by atoms with Crippen LogP contribution in [0, 0.1) is 38.2 Å². The van der Waals surface area contributed by atoms with Crippen LogP contribution >= 0.6 is 46.4 Å². The van der Waals surface area contributed by atoms with Gasteiger partial charge in [-0.15, -0.1) is 0 Å². The fraction of sp³-hybridized carbons (Fsp3) is 0.422. The molecular formula is C64H71Cl4F3N10O10S3. The van der Waals surface area contributed by atoms with Gasteiger partial charge in [0.15, 0.2) is 0 Å². The predicted octanol–water partition coefficient (Wildman–Crippen LogP) is 10.2. The smallest absolute Gasteiger partial charge is 0.267 e. The van der Waals surface area contributed by atoms with Gasteiger partial charge in [-0.25, -0.2) is 62.6 Å². The third-order valence-corrected chi connectivity index (χ3v) is 23.8. The summed E-state index contributed by atoms with van der Waals surface area (Å²) in [7, 11) is -11.3. The number of ether oxygens (including phenoxy) is 1. The Balaban J connectivity index is 0.000000154. The Bertz CT molecular complexity index is 4160. The number of hydrogen-bond donors (Lipinski definition) is 3. The van der Waals surface area contributed by atoms with E-state index in [-0.39, 0.29) is 44.6 Å². The maximum absolute atomic E-state index is 14.6. The van der Waals surface area contributed by atoms with Gasteiger partial charge in [-0.1, -0.05) is 58.5 Å². The van der Waals surface area contributed by atoms with Gasteiger partial charge < -0.3 is 19.4 Å². The molecular weight excluding hydrogens is 1360 g/mol. The number of halogens is 7. The molecule has 4 aromatic carbocycles. The van der Waals surface area contributed by atoms with E-state index in [0.717, 1.165) is 123 Å². The fourth-order valence-electron chi connectivity index (χ4n) is 10.9. The Morgan fingerprint density at radius 3 is 1.35 bits per heavy atom. The first-order chi connectivity index (χ1) is 44.6. The number of nitrogens with zero attached hydrogens (tertiary/aromatic N) is 7. The maximum atomic E-state index is 14.6. The fourth-order valence-corrected chi connectivity index (χ4v) is 15.6. The van der Waals surface area contributed by atoms with Crippen LogP contribution in [0.1, 0.15) is 110 Å². The second kappa shape index (κ2) is 29.9. The Morgan fingerprint density at radius 2 is 0.926 bits per heavy atom. The number of sulfonamides is 3. The number of benzene rings is 4. The monoisotopic (exact) mass is 1430 g/mol. The summed E-state index contributed by atoms with van der Waals surface area (Å²) in [6, 6.07) is 21.0. The molecule has 3 N–H and O–H groups in total. The molecule has 12 rings (SSSR count). The second-order valence-corrected chi connectivity index (χ2v) is 31.8. The van der Waals surface area contributed by atoms with Crippen molar-refractivity contribution in [3.63, 3.8) is 0 Å². The summed E-state index contributed by atoms with van der Waals surface area (Å²) < 4.78 is 127. The Labute approximate surface area is 565 Å². The quantitative estimate of drug-likeness (QED) is 0.0683. The van der Waals surface area contributed by atoms with Crippen molar-refractivity contribution in [3.8, 4) is 5.75 Å².